The fourth-order valence-electron chi connectivity index (χ4n) is 4.75. The van der Waals surface area contributed by atoms with E-state index in [0.29, 0.717) is 10.6 Å². The molecule has 1 amide bonds. The number of halogens is 4. The van der Waals surface area contributed by atoms with Crippen molar-refractivity contribution in [2.75, 3.05) is 13.1 Å². The fraction of sp³-hybridized carbons (Fsp3) is 0.259. The van der Waals surface area contributed by atoms with Crippen LogP contribution in [0.1, 0.15) is 30.9 Å². The standard InChI is InChI=1S/C27H25F4N3O2/c1-26(2,16-33(25(35)36)17-27(29,30)31)24(18-6-4-3-5-7-18)19-8-13-23-20(14-19)15-32-34(23)22-11-9-21(28)10-12-22/h3-15,24H,16-17H2,1-2H3,(H,35,36). The Balaban J connectivity index is 1.76. The lowest BCUT2D eigenvalue weighted by atomic mass is 9.70. The summed E-state index contributed by atoms with van der Waals surface area (Å²) in [6.07, 6.45) is -4.60. The molecule has 0 aliphatic carbocycles. The number of hydrogen-bond acceptors (Lipinski definition) is 2. The highest BCUT2D eigenvalue weighted by molar-refractivity contribution is 5.81. The van der Waals surface area contributed by atoms with E-state index >= 15 is 0 Å². The van der Waals surface area contributed by atoms with Gasteiger partial charge in [0.05, 0.1) is 17.4 Å². The molecular weight excluding hydrogens is 474 g/mol. The van der Waals surface area contributed by atoms with Crippen molar-refractivity contribution in [1.82, 2.24) is 14.7 Å². The fourth-order valence-corrected chi connectivity index (χ4v) is 4.75. The van der Waals surface area contributed by atoms with E-state index in [4.69, 9.17) is 0 Å². The first kappa shape index (κ1) is 25.2. The van der Waals surface area contributed by atoms with E-state index in [2.05, 4.69) is 5.10 Å². The molecule has 4 aromatic rings. The Bertz CT molecular complexity index is 1350. The predicted molar refractivity (Wildman–Crippen MR) is 129 cm³/mol. The number of carboxylic acid groups (broad SMARTS) is 1. The van der Waals surface area contributed by atoms with Crippen molar-refractivity contribution in [3.05, 3.63) is 95.9 Å². The smallest absolute Gasteiger partial charge is 0.407 e. The Morgan fingerprint density at radius 1 is 0.972 bits per heavy atom. The van der Waals surface area contributed by atoms with Crippen molar-refractivity contribution >= 4 is 17.0 Å². The Morgan fingerprint density at radius 3 is 2.25 bits per heavy atom. The van der Waals surface area contributed by atoms with Gasteiger partial charge in [-0.15, -0.1) is 0 Å². The third kappa shape index (κ3) is 5.50. The minimum atomic E-state index is -4.65. The highest BCUT2D eigenvalue weighted by Crippen LogP contribution is 2.42. The normalized spacial score (nSPS) is 13.1. The van der Waals surface area contributed by atoms with Gasteiger partial charge in [-0.2, -0.15) is 18.3 Å². The van der Waals surface area contributed by atoms with Crippen LogP contribution in [0.3, 0.4) is 0 Å². The minimum absolute atomic E-state index is 0.325. The number of benzene rings is 3. The molecule has 0 saturated carbocycles. The zero-order valence-electron chi connectivity index (χ0n) is 19.7. The first-order valence-corrected chi connectivity index (χ1v) is 11.3. The summed E-state index contributed by atoms with van der Waals surface area (Å²) in [4.78, 5) is 12.1. The first-order chi connectivity index (χ1) is 16.9. The van der Waals surface area contributed by atoms with E-state index in [9.17, 15) is 27.5 Å². The molecule has 0 saturated heterocycles. The number of carbonyl (C=O) groups is 1. The molecule has 36 heavy (non-hydrogen) atoms. The molecule has 9 heteroatoms. The third-order valence-electron chi connectivity index (χ3n) is 6.15. The molecule has 1 N–H and O–H groups in total. The Hall–Kier alpha value is -3.88. The van der Waals surface area contributed by atoms with Gasteiger partial charge in [0.2, 0.25) is 0 Å². The summed E-state index contributed by atoms with van der Waals surface area (Å²) in [5.41, 5.74) is 2.23. The second-order valence-electron chi connectivity index (χ2n) is 9.44. The maximum absolute atomic E-state index is 13.4. The summed E-state index contributed by atoms with van der Waals surface area (Å²) < 4.78 is 54.3. The van der Waals surface area contributed by atoms with E-state index < -0.39 is 30.1 Å². The highest BCUT2D eigenvalue weighted by Gasteiger charge is 2.39. The second kappa shape index (κ2) is 9.64. The Kier molecular flexibility index (Phi) is 6.75. The highest BCUT2D eigenvalue weighted by atomic mass is 19.4. The van der Waals surface area contributed by atoms with Crippen LogP contribution in [0.15, 0.2) is 79.0 Å². The maximum atomic E-state index is 13.4. The first-order valence-electron chi connectivity index (χ1n) is 11.3. The van der Waals surface area contributed by atoms with Gasteiger partial charge in [0.25, 0.3) is 0 Å². The summed E-state index contributed by atoms with van der Waals surface area (Å²) >= 11 is 0. The average molecular weight is 500 g/mol. The number of hydrogen-bond donors (Lipinski definition) is 1. The van der Waals surface area contributed by atoms with Crippen molar-refractivity contribution in [2.24, 2.45) is 5.41 Å². The number of aromatic nitrogens is 2. The SMILES string of the molecule is CC(C)(CN(CC(F)(F)F)C(=O)O)C(c1ccccc1)c1ccc2c(cnn2-c2ccc(F)cc2)c1. The van der Waals surface area contributed by atoms with Crippen LogP contribution in [0.5, 0.6) is 0 Å². The number of amides is 1. The summed E-state index contributed by atoms with van der Waals surface area (Å²) in [7, 11) is 0. The molecule has 0 aliphatic heterocycles. The van der Waals surface area contributed by atoms with Gasteiger partial charge in [-0.25, -0.2) is 13.9 Å². The zero-order chi connectivity index (χ0) is 26.1. The van der Waals surface area contributed by atoms with E-state index in [1.807, 2.05) is 48.5 Å². The van der Waals surface area contributed by atoms with Crippen molar-refractivity contribution in [1.29, 1.82) is 0 Å². The van der Waals surface area contributed by atoms with E-state index in [0.717, 1.165) is 22.0 Å². The van der Waals surface area contributed by atoms with Crippen LogP contribution in [0.4, 0.5) is 22.4 Å². The topological polar surface area (TPSA) is 58.4 Å². The monoisotopic (exact) mass is 499 g/mol. The van der Waals surface area contributed by atoms with Gasteiger partial charge in [0.1, 0.15) is 12.4 Å². The van der Waals surface area contributed by atoms with E-state index in [1.54, 1.807) is 36.9 Å². The molecule has 1 aromatic heterocycles. The van der Waals surface area contributed by atoms with Gasteiger partial charge >= 0.3 is 12.3 Å². The van der Waals surface area contributed by atoms with E-state index in [-0.39, 0.29) is 12.4 Å². The van der Waals surface area contributed by atoms with Gasteiger partial charge in [0.15, 0.2) is 0 Å². The predicted octanol–water partition coefficient (Wildman–Crippen LogP) is 6.87. The van der Waals surface area contributed by atoms with Crippen LogP contribution < -0.4 is 0 Å². The Morgan fingerprint density at radius 2 is 1.64 bits per heavy atom. The van der Waals surface area contributed by atoms with Crippen LogP contribution in [0.25, 0.3) is 16.6 Å². The second-order valence-corrected chi connectivity index (χ2v) is 9.44. The molecule has 3 aromatic carbocycles. The molecular formula is C27H25F4N3O2. The van der Waals surface area contributed by atoms with Crippen LogP contribution in [0, 0.1) is 11.2 Å². The van der Waals surface area contributed by atoms with Crippen molar-refractivity contribution in [2.45, 2.75) is 25.9 Å². The number of alkyl halides is 3. The largest absolute Gasteiger partial charge is 0.465 e. The number of rotatable bonds is 7. The summed E-state index contributed by atoms with van der Waals surface area (Å²) in [6.45, 7) is 1.66. The zero-order valence-corrected chi connectivity index (χ0v) is 19.7. The van der Waals surface area contributed by atoms with Gasteiger partial charge in [-0.3, -0.25) is 4.90 Å². The Labute approximate surface area is 205 Å². The lowest BCUT2D eigenvalue weighted by Crippen LogP contribution is -2.45. The average Bonchev–Trinajstić information content (AvgIpc) is 3.22. The third-order valence-corrected chi connectivity index (χ3v) is 6.15. The van der Waals surface area contributed by atoms with Gasteiger partial charge in [0, 0.05) is 17.8 Å². The van der Waals surface area contributed by atoms with E-state index in [1.165, 1.54) is 12.1 Å². The van der Waals surface area contributed by atoms with Gasteiger partial charge in [-0.05, 0) is 52.9 Å². The lowest BCUT2D eigenvalue weighted by molar-refractivity contribution is -0.144. The molecule has 0 radical (unpaired) electrons. The molecule has 1 atom stereocenters. The van der Waals surface area contributed by atoms with Crippen LogP contribution in [-0.2, 0) is 0 Å². The molecule has 0 bridgehead atoms. The van der Waals surface area contributed by atoms with Crippen LogP contribution in [-0.4, -0.2) is 45.1 Å². The molecule has 1 unspecified atom stereocenters. The molecule has 1 heterocycles. The van der Waals surface area contributed by atoms with Crippen LogP contribution >= 0.6 is 0 Å². The quantitative estimate of drug-likeness (QED) is 0.283. The summed E-state index contributed by atoms with van der Waals surface area (Å²) in [6, 6.07) is 20.9. The summed E-state index contributed by atoms with van der Waals surface area (Å²) in [5, 5.41) is 14.7. The summed E-state index contributed by atoms with van der Waals surface area (Å²) in [5.74, 6) is -0.765. The van der Waals surface area contributed by atoms with Crippen molar-refractivity contribution < 1.29 is 27.5 Å². The molecule has 4 rings (SSSR count). The van der Waals surface area contributed by atoms with Crippen LogP contribution in [0.2, 0.25) is 0 Å². The van der Waals surface area contributed by atoms with Crippen molar-refractivity contribution in [3.63, 3.8) is 0 Å². The number of nitrogens with zero attached hydrogens (tertiary/aromatic N) is 3. The molecule has 188 valence electrons. The van der Waals surface area contributed by atoms with Gasteiger partial charge < -0.3 is 5.11 Å². The van der Waals surface area contributed by atoms with Gasteiger partial charge in [-0.1, -0.05) is 50.2 Å². The molecule has 0 aliphatic rings. The lowest BCUT2D eigenvalue weighted by Gasteiger charge is -2.39. The molecule has 0 fully saturated rings. The van der Waals surface area contributed by atoms with Crippen molar-refractivity contribution in [3.8, 4) is 5.69 Å². The maximum Gasteiger partial charge on any atom is 0.407 e. The molecule has 0 spiro atoms. The number of fused-ring (bicyclic) bond motifs is 1. The minimum Gasteiger partial charge on any atom is -0.465 e. The molecule has 5 nitrogen and oxygen atoms in total.